The van der Waals surface area contributed by atoms with Gasteiger partial charge in [-0.3, -0.25) is 14.9 Å². The minimum absolute atomic E-state index is 0.0106. The summed E-state index contributed by atoms with van der Waals surface area (Å²) >= 11 is 0. The highest BCUT2D eigenvalue weighted by Gasteiger charge is 2.32. The number of anilines is 1. The zero-order valence-electron chi connectivity index (χ0n) is 18.0. The molecule has 10 nitrogen and oxygen atoms in total. The van der Waals surface area contributed by atoms with Crippen LogP contribution in [0.4, 0.5) is 11.4 Å². The van der Waals surface area contributed by atoms with Gasteiger partial charge in [0, 0.05) is 18.7 Å². The molecule has 0 radical (unpaired) electrons. The molecular weight excluding hydrogens is 438 g/mol. The molecule has 0 aliphatic carbocycles. The van der Waals surface area contributed by atoms with Crippen molar-refractivity contribution in [2.45, 2.75) is 37.9 Å². The summed E-state index contributed by atoms with van der Waals surface area (Å²) in [4.78, 5) is 23.4. The quantitative estimate of drug-likeness (QED) is 0.494. The average molecular weight is 464 g/mol. The van der Waals surface area contributed by atoms with Gasteiger partial charge in [0.15, 0.2) is 0 Å². The Morgan fingerprint density at radius 2 is 1.81 bits per heavy atom. The predicted molar refractivity (Wildman–Crippen MR) is 117 cm³/mol. The number of sulfonamides is 1. The van der Waals surface area contributed by atoms with E-state index in [-0.39, 0.29) is 47.1 Å². The van der Waals surface area contributed by atoms with Crippen LogP contribution >= 0.6 is 0 Å². The van der Waals surface area contributed by atoms with Gasteiger partial charge in [0.2, 0.25) is 10.0 Å². The molecule has 172 valence electrons. The zero-order valence-corrected chi connectivity index (χ0v) is 18.8. The largest absolute Gasteiger partial charge is 0.494 e. The molecule has 2 aromatic rings. The molecule has 0 saturated carbocycles. The third kappa shape index (κ3) is 5.23. The van der Waals surface area contributed by atoms with Crippen LogP contribution in [0.2, 0.25) is 0 Å². The van der Waals surface area contributed by atoms with Gasteiger partial charge in [0.05, 0.1) is 34.7 Å². The molecule has 32 heavy (non-hydrogen) atoms. The summed E-state index contributed by atoms with van der Waals surface area (Å²) in [6.07, 6.45) is -0.438. The SMILES string of the molecule is CCOc1ccc(NC(=O)c2ccc(S(=O)(=O)N3CC(C)OC(C)C3)cc2)c([N+](=O)[O-])c1. The Morgan fingerprint density at radius 1 is 1.19 bits per heavy atom. The number of morpholine rings is 1. The van der Waals surface area contributed by atoms with Crippen LogP contribution in [0.1, 0.15) is 31.1 Å². The van der Waals surface area contributed by atoms with E-state index in [1.54, 1.807) is 6.92 Å². The molecule has 1 fully saturated rings. The third-order valence-corrected chi connectivity index (χ3v) is 6.71. The van der Waals surface area contributed by atoms with Crippen molar-refractivity contribution in [3.63, 3.8) is 0 Å². The van der Waals surface area contributed by atoms with Crippen molar-refractivity contribution in [2.24, 2.45) is 0 Å². The molecule has 1 N–H and O–H groups in total. The summed E-state index contributed by atoms with van der Waals surface area (Å²) in [5, 5.41) is 13.9. The summed E-state index contributed by atoms with van der Waals surface area (Å²) < 4.78 is 38.1. The van der Waals surface area contributed by atoms with Gasteiger partial charge >= 0.3 is 0 Å². The Bertz CT molecular complexity index is 1090. The molecule has 2 aromatic carbocycles. The lowest BCUT2D eigenvalue weighted by Gasteiger charge is -2.34. The third-order valence-electron chi connectivity index (χ3n) is 4.87. The first kappa shape index (κ1) is 23.6. The van der Waals surface area contributed by atoms with Gasteiger partial charge in [0.1, 0.15) is 11.4 Å². The second-order valence-corrected chi connectivity index (χ2v) is 9.36. The molecule has 1 aliphatic heterocycles. The fourth-order valence-corrected chi connectivity index (χ4v) is 5.06. The number of carbonyl (C=O) groups excluding carboxylic acids is 1. The van der Waals surface area contributed by atoms with Crippen LogP contribution in [0.3, 0.4) is 0 Å². The van der Waals surface area contributed by atoms with Crippen molar-refractivity contribution >= 4 is 27.3 Å². The van der Waals surface area contributed by atoms with E-state index in [4.69, 9.17) is 9.47 Å². The van der Waals surface area contributed by atoms with E-state index in [1.807, 2.05) is 13.8 Å². The number of hydrogen-bond donors (Lipinski definition) is 1. The first-order valence-corrected chi connectivity index (χ1v) is 11.5. The molecule has 1 saturated heterocycles. The van der Waals surface area contributed by atoms with Crippen LogP contribution in [0.5, 0.6) is 5.75 Å². The van der Waals surface area contributed by atoms with E-state index < -0.39 is 20.9 Å². The van der Waals surface area contributed by atoms with Gasteiger partial charge in [-0.1, -0.05) is 0 Å². The number of hydrogen-bond acceptors (Lipinski definition) is 7. The number of amides is 1. The highest BCUT2D eigenvalue weighted by atomic mass is 32.2. The molecule has 1 aliphatic rings. The molecule has 11 heteroatoms. The lowest BCUT2D eigenvalue weighted by molar-refractivity contribution is -0.384. The van der Waals surface area contributed by atoms with E-state index in [0.29, 0.717) is 12.4 Å². The second kappa shape index (κ2) is 9.63. The summed E-state index contributed by atoms with van der Waals surface area (Å²) in [6, 6.07) is 9.58. The van der Waals surface area contributed by atoms with Crippen LogP contribution in [-0.2, 0) is 14.8 Å². The molecule has 0 spiro atoms. The van der Waals surface area contributed by atoms with E-state index in [2.05, 4.69) is 5.32 Å². The molecule has 3 rings (SSSR count). The minimum Gasteiger partial charge on any atom is -0.494 e. The van der Waals surface area contributed by atoms with Crippen molar-refractivity contribution in [2.75, 3.05) is 25.0 Å². The van der Waals surface area contributed by atoms with E-state index in [9.17, 15) is 23.3 Å². The first-order valence-electron chi connectivity index (χ1n) is 10.1. The summed E-state index contributed by atoms with van der Waals surface area (Å²) in [5.74, 6) is -0.284. The average Bonchev–Trinajstić information content (AvgIpc) is 2.74. The van der Waals surface area contributed by atoms with Gasteiger partial charge in [-0.15, -0.1) is 0 Å². The van der Waals surface area contributed by atoms with Crippen LogP contribution in [-0.4, -0.2) is 55.5 Å². The van der Waals surface area contributed by atoms with Crippen LogP contribution in [0.25, 0.3) is 0 Å². The number of nitrogens with one attached hydrogen (secondary N) is 1. The maximum absolute atomic E-state index is 12.9. The summed E-state index contributed by atoms with van der Waals surface area (Å²) in [6.45, 7) is 6.22. The van der Waals surface area contributed by atoms with Gasteiger partial charge in [-0.25, -0.2) is 8.42 Å². The summed E-state index contributed by atoms with van der Waals surface area (Å²) in [5.41, 5.74) is -0.133. The molecule has 0 aromatic heterocycles. The fourth-order valence-electron chi connectivity index (χ4n) is 3.47. The lowest BCUT2D eigenvalue weighted by atomic mass is 10.2. The Labute approximate surface area is 186 Å². The number of rotatable bonds is 7. The number of carbonyl (C=O) groups is 1. The molecule has 2 unspecified atom stereocenters. The standard InChI is InChI=1S/C21H25N3O7S/c1-4-30-17-7-10-19(20(11-17)24(26)27)22-21(25)16-5-8-18(9-6-16)32(28,29)23-12-14(2)31-15(3)13-23/h5-11,14-15H,4,12-13H2,1-3H3,(H,22,25). The molecule has 2 atom stereocenters. The van der Waals surface area contributed by atoms with Crippen LogP contribution < -0.4 is 10.1 Å². The minimum atomic E-state index is -3.74. The van der Waals surface area contributed by atoms with Crippen molar-refractivity contribution < 1.29 is 27.6 Å². The molecule has 1 amide bonds. The number of nitro benzene ring substituents is 1. The lowest BCUT2D eigenvalue weighted by Crippen LogP contribution is -2.48. The fraction of sp³-hybridized carbons (Fsp3) is 0.381. The normalized spacial score (nSPS) is 19.3. The van der Waals surface area contributed by atoms with Gasteiger partial charge in [-0.05, 0) is 57.2 Å². The maximum atomic E-state index is 12.9. The number of nitro groups is 1. The highest BCUT2D eigenvalue weighted by Crippen LogP contribution is 2.30. The summed E-state index contributed by atoms with van der Waals surface area (Å²) in [7, 11) is -3.74. The van der Waals surface area contributed by atoms with E-state index in [1.165, 1.54) is 46.8 Å². The maximum Gasteiger partial charge on any atom is 0.296 e. The smallest absolute Gasteiger partial charge is 0.296 e. The number of ether oxygens (including phenoxy) is 2. The van der Waals surface area contributed by atoms with Crippen molar-refractivity contribution in [1.82, 2.24) is 4.31 Å². The van der Waals surface area contributed by atoms with Crippen molar-refractivity contribution in [1.29, 1.82) is 0 Å². The number of nitrogens with zero attached hydrogens (tertiary/aromatic N) is 2. The zero-order chi connectivity index (χ0) is 23.5. The van der Waals surface area contributed by atoms with Gasteiger partial charge in [0.25, 0.3) is 11.6 Å². The van der Waals surface area contributed by atoms with Crippen LogP contribution in [0.15, 0.2) is 47.4 Å². The molecule has 0 bridgehead atoms. The Kier molecular flexibility index (Phi) is 7.12. The van der Waals surface area contributed by atoms with Gasteiger partial charge < -0.3 is 14.8 Å². The van der Waals surface area contributed by atoms with E-state index >= 15 is 0 Å². The van der Waals surface area contributed by atoms with Crippen molar-refractivity contribution in [3.8, 4) is 5.75 Å². The first-order chi connectivity index (χ1) is 15.1. The topological polar surface area (TPSA) is 128 Å². The van der Waals surface area contributed by atoms with Crippen LogP contribution in [0, 0.1) is 10.1 Å². The molecule has 1 heterocycles. The Morgan fingerprint density at radius 3 is 2.38 bits per heavy atom. The predicted octanol–water partition coefficient (Wildman–Crippen LogP) is 3.04. The monoisotopic (exact) mass is 463 g/mol. The van der Waals surface area contributed by atoms with Crippen molar-refractivity contribution in [3.05, 3.63) is 58.1 Å². The molecular formula is C21H25N3O7S. The van der Waals surface area contributed by atoms with Gasteiger partial charge in [-0.2, -0.15) is 4.31 Å². The van der Waals surface area contributed by atoms with E-state index in [0.717, 1.165) is 0 Å². The number of benzene rings is 2. The second-order valence-electron chi connectivity index (χ2n) is 7.43. The Balaban J connectivity index is 1.78. The highest BCUT2D eigenvalue weighted by molar-refractivity contribution is 7.89. The Hall–Kier alpha value is -3.02.